The number of aromatic nitrogens is 2. The fourth-order valence-corrected chi connectivity index (χ4v) is 1.74. The number of aryl methyl sites for hydroxylation is 1. The lowest BCUT2D eigenvalue weighted by molar-refractivity contribution is 0.198. The Balaban J connectivity index is 2.68. The van der Waals surface area contributed by atoms with Crippen molar-refractivity contribution in [3.05, 3.63) is 47.8 Å². The Labute approximate surface area is 93.2 Å². The van der Waals surface area contributed by atoms with E-state index in [1.165, 1.54) is 6.07 Å². The number of hydrogen-bond donors (Lipinski definition) is 1. The minimum Gasteiger partial charge on any atom is -0.389 e. The lowest BCUT2D eigenvalue weighted by Gasteiger charge is -2.14. The van der Waals surface area contributed by atoms with E-state index in [0.29, 0.717) is 17.1 Å². The smallest absolute Gasteiger partial charge is 0.147 e. The van der Waals surface area contributed by atoms with Gasteiger partial charge in [-0.1, -0.05) is 12.1 Å². The van der Waals surface area contributed by atoms with E-state index in [4.69, 9.17) is 0 Å². The highest BCUT2D eigenvalue weighted by atomic mass is 19.1. The molecule has 0 saturated heterocycles. The number of imidazole rings is 1. The van der Waals surface area contributed by atoms with Crippen LogP contribution >= 0.6 is 0 Å². The van der Waals surface area contributed by atoms with Crippen LogP contribution in [0.15, 0.2) is 30.6 Å². The second-order valence-electron chi connectivity index (χ2n) is 3.70. The molecule has 1 aromatic carbocycles. The Hall–Kier alpha value is -1.68. The third-order valence-corrected chi connectivity index (χ3v) is 2.53. The van der Waals surface area contributed by atoms with E-state index in [2.05, 4.69) is 4.98 Å². The highest BCUT2D eigenvalue weighted by Gasteiger charge is 2.15. The molecular formula is C12H13FN2O. The number of nitrogens with zero attached hydrogens (tertiary/aromatic N) is 2. The maximum Gasteiger partial charge on any atom is 0.147 e. The van der Waals surface area contributed by atoms with Crippen molar-refractivity contribution in [1.29, 1.82) is 0 Å². The summed E-state index contributed by atoms with van der Waals surface area (Å²) in [5.74, 6) is 0.325. The number of aliphatic hydroxyl groups excluding tert-OH is 1. The molecule has 1 N–H and O–H groups in total. The molecule has 16 heavy (non-hydrogen) atoms. The summed E-state index contributed by atoms with van der Waals surface area (Å²) in [5, 5.41) is 9.62. The van der Waals surface area contributed by atoms with Gasteiger partial charge < -0.3 is 9.67 Å². The van der Waals surface area contributed by atoms with Crippen LogP contribution in [0, 0.1) is 12.7 Å². The van der Waals surface area contributed by atoms with E-state index in [1.54, 1.807) is 42.9 Å². The van der Waals surface area contributed by atoms with Crippen LogP contribution in [0.2, 0.25) is 0 Å². The summed E-state index contributed by atoms with van der Waals surface area (Å²) in [6.07, 6.45) is 2.57. The molecule has 0 saturated carbocycles. The quantitative estimate of drug-likeness (QED) is 0.843. The van der Waals surface area contributed by atoms with Crippen molar-refractivity contribution < 1.29 is 9.50 Å². The highest BCUT2D eigenvalue weighted by molar-refractivity contribution is 5.44. The lowest BCUT2D eigenvalue weighted by atomic mass is 10.1. The van der Waals surface area contributed by atoms with Crippen LogP contribution < -0.4 is 0 Å². The van der Waals surface area contributed by atoms with Crippen molar-refractivity contribution in [2.45, 2.75) is 20.0 Å². The van der Waals surface area contributed by atoms with Gasteiger partial charge in [0.05, 0.1) is 11.8 Å². The number of halogens is 1. The van der Waals surface area contributed by atoms with E-state index in [1.807, 2.05) is 0 Å². The van der Waals surface area contributed by atoms with Crippen LogP contribution in [-0.4, -0.2) is 14.7 Å². The van der Waals surface area contributed by atoms with Crippen LogP contribution in [0.3, 0.4) is 0 Å². The third kappa shape index (κ3) is 1.72. The average molecular weight is 220 g/mol. The molecule has 0 amide bonds. The second kappa shape index (κ2) is 4.06. The van der Waals surface area contributed by atoms with Gasteiger partial charge in [-0.25, -0.2) is 9.37 Å². The van der Waals surface area contributed by atoms with Crippen molar-refractivity contribution in [2.24, 2.45) is 0 Å². The van der Waals surface area contributed by atoms with Crippen LogP contribution in [0.25, 0.3) is 5.69 Å². The van der Waals surface area contributed by atoms with Crippen LogP contribution in [-0.2, 0) is 0 Å². The minimum absolute atomic E-state index is 0.362. The summed E-state index contributed by atoms with van der Waals surface area (Å²) < 4.78 is 15.4. The summed E-state index contributed by atoms with van der Waals surface area (Å²) >= 11 is 0. The van der Waals surface area contributed by atoms with Crippen molar-refractivity contribution in [1.82, 2.24) is 9.55 Å². The van der Waals surface area contributed by atoms with Gasteiger partial charge in [0.15, 0.2) is 0 Å². The number of benzene rings is 1. The molecule has 2 rings (SSSR count). The van der Waals surface area contributed by atoms with E-state index in [9.17, 15) is 9.50 Å². The van der Waals surface area contributed by atoms with Crippen LogP contribution in [0.1, 0.15) is 24.4 Å². The first-order valence-corrected chi connectivity index (χ1v) is 5.08. The van der Waals surface area contributed by atoms with Gasteiger partial charge >= 0.3 is 0 Å². The van der Waals surface area contributed by atoms with Gasteiger partial charge in [0, 0.05) is 18.0 Å². The molecule has 84 valence electrons. The maximum atomic E-state index is 13.8. The van der Waals surface area contributed by atoms with Crippen LogP contribution in [0.5, 0.6) is 0 Å². The van der Waals surface area contributed by atoms with E-state index in [-0.39, 0.29) is 5.82 Å². The zero-order chi connectivity index (χ0) is 11.7. The summed E-state index contributed by atoms with van der Waals surface area (Å²) in [4.78, 5) is 4.05. The number of para-hydroxylation sites is 1. The van der Waals surface area contributed by atoms with Gasteiger partial charge in [0.1, 0.15) is 11.6 Å². The zero-order valence-electron chi connectivity index (χ0n) is 9.18. The van der Waals surface area contributed by atoms with E-state index < -0.39 is 6.10 Å². The molecule has 0 aliphatic heterocycles. The number of hydrogen-bond acceptors (Lipinski definition) is 2. The summed E-state index contributed by atoms with van der Waals surface area (Å²) in [6, 6.07) is 4.68. The van der Waals surface area contributed by atoms with E-state index >= 15 is 0 Å². The van der Waals surface area contributed by atoms with Gasteiger partial charge in [0.25, 0.3) is 0 Å². The van der Waals surface area contributed by atoms with Gasteiger partial charge in [-0.15, -0.1) is 0 Å². The Morgan fingerprint density at radius 1 is 1.44 bits per heavy atom. The van der Waals surface area contributed by atoms with Crippen molar-refractivity contribution in [3.63, 3.8) is 0 Å². The van der Waals surface area contributed by atoms with Crippen molar-refractivity contribution >= 4 is 0 Å². The molecular weight excluding hydrogens is 207 g/mol. The predicted molar refractivity (Wildman–Crippen MR) is 58.9 cm³/mol. The Kier molecular flexibility index (Phi) is 2.75. The number of aliphatic hydroxyl groups is 1. The fourth-order valence-electron chi connectivity index (χ4n) is 1.74. The van der Waals surface area contributed by atoms with E-state index in [0.717, 1.165) is 0 Å². The predicted octanol–water partition coefficient (Wildman–Crippen LogP) is 2.37. The highest BCUT2D eigenvalue weighted by Crippen LogP contribution is 2.25. The minimum atomic E-state index is -0.715. The summed E-state index contributed by atoms with van der Waals surface area (Å²) in [5.41, 5.74) is 0.925. The monoisotopic (exact) mass is 220 g/mol. The van der Waals surface area contributed by atoms with Crippen molar-refractivity contribution in [3.8, 4) is 5.69 Å². The third-order valence-electron chi connectivity index (χ3n) is 2.53. The molecule has 2 aromatic rings. The van der Waals surface area contributed by atoms with Crippen molar-refractivity contribution in [2.75, 3.05) is 0 Å². The first-order chi connectivity index (χ1) is 7.61. The fraction of sp³-hybridized carbons (Fsp3) is 0.250. The Morgan fingerprint density at radius 3 is 2.75 bits per heavy atom. The summed E-state index contributed by atoms with van der Waals surface area (Å²) in [7, 11) is 0. The van der Waals surface area contributed by atoms with Crippen LogP contribution in [0.4, 0.5) is 4.39 Å². The molecule has 0 radical (unpaired) electrons. The molecule has 1 aromatic heterocycles. The molecule has 0 fully saturated rings. The molecule has 1 atom stereocenters. The molecule has 0 spiro atoms. The summed E-state index contributed by atoms with van der Waals surface area (Å²) in [6.45, 7) is 3.41. The zero-order valence-corrected chi connectivity index (χ0v) is 9.18. The largest absolute Gasteiger partial charge is 0.389 e. The standard InChI is InChI=1S/C12H13FN2O/c1-8(16)10-4-3-5-11(13)12(10)15-7-6-14-9(15)2/h3-8,16H,1-2H3/t8-/m0/s1. The topological polar surface area (TPSA) is 38.0 Å². The SMILES string of the molecule is Cc1nccn1-c1c(F)cccc1[C@H](C)O. The average Bonchev–Trinajstić information content (AvgIpc) is 2.64. The molecule has 0 aliphatic carbocycles. The molecule has 0 bridgehead atoms. The second-order valence-corrected chi connectivity index (χ2v) is 3.70. The van der Waals surface area contributed by atoms with Gasteiger partial charge in [-0.05, 0) is 19.9 Å². The Bertz CT molecular complexity index is 505. The molecule has 3 nitrogen and oxygen atoms in total. The molecule has 1 heterocycles. The molecule has 0 unspecified atom stereocenters. The van der Waals surface area contributed by atoms with Gasteiger partial charge in [-0.3, -0.25) is 0 Å². The maximum absolute atomic E-state index is 13.8. The first kappa shape index (κ1) is 10.8. The van der Waals surface area contributed by atoms with Gasteiger partial charge in [0.2, 0.25) is 0 Å². The molecule has 0 aliphatic rings. The first-order valence-electron chi connectivity index (χ1n) is 5.08. The molecule has 4 heteroatoms. The lowest BCUT2D eigenvalue weighted by Crippen LogP contribution is -2.06. The normalized spacial score (nSPS) is 12.8. The Morgan fingerprint density at radius 2 is 2.19 bits per heavy atom. The van der Waals surface area contributed by atoms with Gasteiger partial charge in [-0.2, -0.15) is 0 Å². The number of rotatable bonds is 2.